The van der Waals surface area contributed by atoms with Crippen LogP contribution in [0.4, 0.5) is 5.69 Å². The number of likely N-dealkylation sites (tertiary alicyclic amines) is 1. The van der Waals surface area contributed by atoms with Crippen LogP contribution < -0.4 is 16.8 Å². The predicted octanol–water partition coefficient (Wildman–Crippen LogP) is 1.65. The fourth-order valence-electron chi connectivity index (χ4n) is 4.03. The van der Waals surface area contributed by atoms with Gasteiger partial charge in [-0.25, -0.2) is 4.99 Å². The number of nitriles is 1. The molecule has 3 rings (SSSR count). The maximum absolute atomic E-state index is 11.9. The lowest BCUT2D eigenvalue weighted by Gasteiger charge is -2.46. The van der Waals surface area contributed by atoms with Gasteiger partial charge in [-0.1, -0.05) is 25.1 Å². The van der Waals surface area contributed by atoms with Gasteiger partial charge in [-0.3, -0.25) is 9.69 Å². The summed E-state index contributed by atoms with van der Waals surface area (Å²) in [4.78, 5) is 18.6. The number of para-hydroxylation sites is 1. The zero-order valence-corrected chi connectivity index (χ0v) is 16.2. The minimum Gasteiger partial charge on any atom is -0.386 e. The molecule has 1 heterocycles. The number of aliphatic imine (C=N–C) groups is 1. The first-order valence-electron chi connectivity index (χ1n) is 9.77. The third-order valence-corrected chi connectivity index (χ3v) is 5.59. The van der Waals surface area contributed by atoms with Crippen LogP contribution in [0, 0.1) is 23.2 Å². The monoisotopic (exact) mass is 380 g/mol. The van der Waals surface area contributed by atoms with Gasteiger partial charge in [0, 0.05) is 31.4 Å². The van der Waals surface area contributed by atoms with Crippen LogP contribution in [0.5, 0.6) is 0 Å². The molecule has 1 aliphatic heterocycles. The maximum Gasteiger partial charge on any atom is 0.253 e. The molecule has 0 spiro atoms. The predicted molar refractivity (Wildman–Crippen MR) is 109 cm³/mol. The van der Waals surface area contributed by atoms with Gasteiger partial charge in [-0.15, -0.1) is 0 Å². The fraction of sp³-hybridized carbons (Fsp3) is 0.476. The Kier molecular flexibility index (Phi) is 6.32. The number of amides is 1. The van der Waals surface area contributed by atoms with Crippen LogP contribution in [0.25, 0.3) is 0 Å². The van der Waals surface area contributed by atoms with Crippen molar-refractivity contribution in [3.05, 3.63) is 42.1 Å². The number of benzene rings is 1. The topological polar surface area (TPSA) is 121 Å². The number of carbonyl (C=O) groups excluding carboxylic acids is 1. The number of nitrogens with two attached hydrogens (primary N) is 2. The van der Waals surface area contributed by atoms with Gasteiger partial charge in [-0.05, 0) is 37.3 Å². The summed E-state index contributed by atoms with van der Waals surface area (Å²) in [5.41, 5.74) is 12.3. The molecule has 1 aliphatic carbocycles. The van der Waals surface area contributed by atoms with Crippen molar-refractivity contribution in [2.45, 2.75) is 38.3 Å². The molecule has 2 fully saturated rings. The Morgan fingerprint density at radius 3 is 2.61 bits per heavy atom. The van der Waals surface area contributed by atoms with Crippen LogP contribution in [0.3, 0.4) is 0 Å². The number of nitrogens with zero attached hydrogens (tertiary/aromatic N) is 3. The molecule has 0 aromatic heterocycles. The van der Waals surface area contributed by atoms with Crippen LogP contribution in [0.1, 0.15) is 26.2 Å². The van der Waals surface area contributed by atoms with E-state index in [0.29, 0.717) is 11.7 Å². The molecular formula is C21H28N6O. The molecule has 3 atom stereocenters. The molecule has 0 radical (unpaired) electrons. The quantitative estimate of drug-likeness (QED) is 0.394. The summed E-state index contributed by atoms with van der Waals surface area (Å²) in [5.74, 6) is 0.0426. The van der Waals surface area contributed by atoms with Crippen molar-refractivity contribution < 1.29 is 4.79 Å². The normalized spacial score (nSPS) is 26.9. The third-order valence-electron chi connectivity index (χ3n) is 5.59. The lowest BCUT2D eigenvalue weighted by molar-refractivity contribution is -0.114. The summed E-state index contributed by atoms with van der Waals surface area (Å²) in [6, 6.07) is 12.0. The summed E-state index contributed by atoms with van der Waals surface area (Å²) in [7, 11) is 0. The first-order valence-corrected chi connectivity index (χ1v) is 9.77. The lowest BCUT2D eigenvalue weighted by Crippen LogP contribution is -2.54. The Balaban J connectivity index is 1.66. The van der Waals surface area contributed by atoms with Gasteiger partial charge >= 0.3 is 0 Å². The number of hydrogen-bond acceptors (Lipinski definition) is 5. The SMILES string of the molecule is CC1CN([C@H]2CC[C@H](N/C=C(/C(N)=O)C(N)=Nc3ccccc3)[C@@H](C#N)C2)C1. The first kappa shape index (κ1) is 19.9. The molecule has 7 nitrogen and oxygen atoms in total. The molecule has 1 aromatic carbocycles. The molecule has 1 saturated heterocycles. The number of primary amides is 1. The van der Waals surface area contributed by atoms with E-state index in [1.165, 1.54) is 6.20 Å². The highest BCUT2D eigenvalue weighted by Crippen LogP contribution is 2.31. The lowest BCUT2D eigenvalue weighted by atomic mass is 9.80. The average molecular weight is 380 g/mol. The highest BCUT2D eigenvalue weighted by atomic mass is 16.1. The van der Waals surface area contributed by atoms with Crippen molar-refractivity contribution in [3.8, 4) is 6.07 Å². The minimum atomic E-state index is -0.651. The first-order chi connectivity index (χ1) is 13.5. The van der Waals surface area contributed by atoms with E-state index in [1.54, 1.807) is 12.1 Å². The second kappa shape index (κ2) is 8.89. The maximum atomic E-state index is 11.9. The average Bonchev–Trinajstić information content (AvgIpc) is 2.66. The van der Waals surface area contributed by atoms with Gasteiger partial charge in [0.05, 0.1) is 23.2 Å². The Labute approximate surface area is 166 Å². The molecule has 0 bridgehead atoms. The van der Waals surface area contributed by atoms with E-state index in [9.17, 15) is 10.1 Å². The highest BCUT2D eigenvalue weighted by molar-refractivity contribution is 6.20. The van der Waals surface area contributed by atoms with E-state index in [-0.39, 0.29) is 23.4 Å². The minimum absolute atomic E-state index is 0.0289. The Morgan fingerprint density at radius 2 is 2.00 bits per heavy atom. The summed E-state index contributed by atoms with van der Waals surface area (Å²) < 4.78 is 0. The molecular weight excluding hydrogens is 352 g/mol. The molecule has 5 N–H and O–H groups in total. The smallest absolute Gasteiger partial charge is 0.253 e. The second-order valence-electron chi connectivity index (χ2n) is 7.79. The van der Waals surface area contributed by atoms with Gasteiger partial charge in [-0.2, -0.15) is 5.26 Å². The van der Waals surface area contributed by atoms with Gasteiger partial charge < -0.3 is 16.8 Å². The van der Waals surface area contributed by atoms with Gasteiger partial charge in [0.1, 0.15) is 5.84 Å². The molecule has 0 unspecified atom stereocenters. The Morgan fingerprint density at radius 1 is 1.29 bits per heavy atom. The second-order valence-corrected chi connectivity index (χ2v) is 7.79. The van der Waals surface area contributed by atoms with Gasteiger partial charge in [0.2, 0.25) is 0 Å². The molecule has 28 heavy (non-hydrogen) atoms. The zero-order valence-electron chi connectivity index (χ0n) is 16.2. The molecule has 2 aliphatic rings. The summed E-state index contributed by atoms with van der Waals surface area (Å²) >= 11 is 0. The van der Waals surface area contributed by atoms with E-state index < -0.39 is 5.91 Å². The highest BCUT2D eigenvalue weighted by Gasteiger charge is 2.36. The molecule has 1 saturated carbocycles. The Bertz CT molecular complexity index is 791. The third kappa shape index (κ3) is 4.70. The number of nitrogens with one attached hydrogen (secondary N) is 1. The van der Waals surface area contributed by atoms with Crippen LogP contribution in [0.15, 0.2) is 47.1 Å². The number of carbonyl (C=O) groups is 1. The molecule has 148 valence electrons. The molecule has 1 amide bonds. The van der Waals surface area contributed by atoms with Crippen molar-refractivity contribution >= 4 is 17.4 Å². The largest absolute Gasteiger partial charge is 0.386 e. The van der Waals surface area contributed by atoms with E-state index in [0.717, 1.165) is 38.3 Å². The molecule has 1 aromatic rings. The number of hydrogen-bond donors (Lipinski definition) is 3. The van der Waals surface area contributed by atoms with Crippen molar-refractivity contribution in [2.24, 2.45) is 28.3 Å². The van der Waals surface area contributed by atoms with E-state index in [1.807, 2.05) is 18.2 Å². The molecule has 7 heteroatoms. The van der Waals surface area contributed by atoms with Gasteiger partial charge in [0.25, 0.3) is 5.91 Å². The number of amidine groups is 1. The summed E-state index contributed by atoms with van der Waals surface area (Å²) in [6.45, 7) is 4.50. The van der Waals surface area contributed by atoms with Crippen LogP contribution >= 0.6 is 0 Å². The summed E-state index contributed by atoms with van der Waals surface area (Å²) in [5, 5.41) is 12.8. The van der Waals surface area contributed by atoms with Crippen LogP contribution in [0.2, 0.25) is 0 Å². The van der Waals surface area contributed by atoms with E-state index in [4.69, 9.17) is 11.5 Å². The van der Waals surface area contributed by atoms with Crippen molar-refractivity contribution in [1.82, 2.24) is 10.2 Å². The fourth-order valence-corrected chi connectivity index (χ4v) is 4.03. The van der Waals surface area contributed by atoms with E-state index in [2.05, 4.69) is 28.2 Å². The van der Waals surface area contributed by atoms with Crippen LogP contribution in [-0.2, 0) is 4.79 Å². The summed E-state index contributed by atoms with van der Waals surface area (Å²) in [6.07, 6.45) is 4.27. The van der Waals surface area contributed by atoms with Crippen molar-refractivity contribution in [3.63, 3.8) is 0 Å². The Hall–Kier alpha value is -2.85. The van der Waals surface area contributed by atoms with Gasteiger partial charge in [0.15, 0.2) is 0 Å². The number of rotatable bonds is 6. The van der Waals surface area contributed by atoms with Crippen molar-refractivity contribution in [1.29, 1.82) is 5.26 Å². The standard InChI is InChI=1S/C21H28N6O/c1-14-12-27(13-14)17-7-8-19(15(9-17)10-22)25-11-18(21(24)28)20(23)26-16-5-3-2-4-6-16/h2-6,11,14-15,17,19,25H,7-9,12-13H2,1H3,(H2,23,26)(H2,24,28)/b18-11+/t15-,17+,19+/m1/s1. The van der Waals surface area contributed by atoms with E-state index >= 15 is 0 Å². The van der Waals surface area contributed by atoms with Crippen molar-refractivity contribution in [2.75, 3.05) is 13.1 Å². The zero-order chi connectivity index (χ0) is 20.1. The van der Waals surface area contributed by atoms with Crippen LogP contribution in [-0.4, -0.2) is 41.8 Å².